The largest absolute Gasteiger partial charge is 0.480 e. The summed E-state index contributed by atoms with van der Waals surface area (Å²) in [6.07, 6.45) is 3.21. The molecule has 0 saturated carbocycles. The molecule has 1 rings (SSSR count). The van der Waals surface area contributed by atoms with E-state index in [1.54, 1.807) is 0 Å². The topological polar surface area (TPSA) is 162 Å². The number of carboxylic acids is 1. The molecule has 154 valence electrons. The molecule has 1 saturated heterocycles. The minimum atomic E-state index is -1.18. The van der Waals surface area contributed by atoms with Crippen LogP contribution in [0.5, 0.6) is 0 Å². The van der Waals surface area contributed by atoms with E-state index < -0.39 is 54.5 Å². The highest BCUT2D eigenvalue weighted by Gasteiger charge is 2.37. The first-order valence-corrected chi connectivity index (χ1v) is 10.1. The summed E-state index contributed by atoms with van der Waals surface area (Å²) in [4.78, 5) is 49.5. The van der Waals surface area contributed by atoms with E-state index in [4.69, 9.17) is 15.9 Å². The van der Waals surface area contributed by atoms with Crippen molar-refractivity contribution in [3.05, 3.63) is 0 Å². The van der Waals surface area contributed by atoms with Gasteiger partial charge in [0.15, 0.2) is 0 Å². The molecule has 0 aromatic heterocycles. The number of carbonyl (C=O) groups is 4. The maximum atomic E-state index is 12.7. The Kier molecular flexibility index (Phi) is 9.53. The van der Waals surface area contributed by atoms with Crippen LogP contribution in [-0.4, -0.2) is 88.1 Å². The van der Waals surface area contributed by atoms with Crippen molar-refractivity contribution in [3.8, 4) is 0 Å². The van der Waals surface area contributed by atoms with Crippen LogP contribution in [0.1, 0.15) is 26.2 Å². The monoisotopic (exact) mass is 404 g/mol. The number of aliphatic hydroxyl groups is 1. The normalized spacial score (nSPS) is 19.9. The Balaban J connectivity index is 2.81. The minimum absolute atomic E-state index is 0.321. The predicted molar refractivity (Wildman–Crippen MR) is 100.0 cm³/mol. The van der Waals surface area contributed by atoms with Crippen LogP contribution in [0.15, 0.2) is 0 Å². The number of carboxylic acid groups (broad SMARTS) is 1. The summed E-state index contributed by atoms with van der Waals surface area (Å²) in [5.41, 5.74) is 5.56. The number of likely N-dealkylation sites (tertiary alicyclic amines) is 1. The first kappa shape index (κ1) is 23.2. The first-order valence-electron chi connectivity index (χ1n) is 8.72. The number of carbonyl (C=O) groups excluding carboxylic acids is 3. The van der Waals surface area contributed by atoms with Gasteiger partial charge in [0.1, 0.15) is 24.2 Å². The van der Waals surface area contributed by atoms with E-state index in [-0.39, 0.29) is 0 Å². The summed E-state index contributed by atoms with van der Waals surface area (Å²) in [5.74, 6) is -2.18. The van der Waals surface area contributed by atoms with E-state index >= 15 is 0 Å². The minimum Gasteiger partial charge on any atom is -0.480 e. The van der Waals surface area contributed by atoms with Gasteiger partial charge in [-0.1, -0.05) is 0 Å². The van der Waals surface area contributed by atoms with Gasteiger partial charge in [0.25, 0.3) is 0 Å². The summed E-state index contributed by atoms with van der Waals surface area (Å²) in [6, 6.07) is -3.85. The number of nitrogens with two attached hydrogens (primary N) is 1. The highest BCUT2D eigenvalue weighted by Crippen LogP contribution is 2.18. The van der Waals surface area contributed by atoms with E-state index in [2.05, 4.69) is 10.6 Å². The molecule has 1 fully saturated rings. The van der Waals surface area contributed by atoms with Crippen molar-refractivity contribution in [2.75, 3.05) is 25.2 Å². The molecule has 11 heteroatoms. The van der Waals surface area contributed by atoms with Gasteiger partial charge in [0, 0.05) is 6.54 Å². The molecule has 4 atom stereocenters. The quantitative estimate of drug-likeness (QED) is 0.283. The fourth-order valence-electron chi connectivity index (χ4n) is 2.74. The maximum Gasteiger partial charge on any atom is 0.325 e. The molecule has 0 spiro atoms. The van der Waals surface area contributed by atoms with Crippen LogP contribution in [0, 0.1) is 0 Å². The Bertz CT molecular complexity index is 561. The molecular weight excluding hydrogens is 376 g/mol. The Morgan fingerprint density at radius 2 is 1.96 bits per heavy atom. The number of hydrogen-bond acceptors (Lipinski definition) is 7. The van der Waals surface area contributed by atoms with E-state index in [1.807, 2.05) is 6.26 Å². The molecule has 3 amide bonds. The van der Waals surface area contributed by atoms with Gasteiger partial charge in [0.05, 0.1) is 6.61 Å². The van der Waals surface area contributed by atoms with Crippen molar-refractivity contribution >= 4 is 35.5 Å². The van der Waals surface area contributed by atoms with Crippen LogP contribution in [0.4, 0.5) is 0 Å². The molecular formula is C16H28N4O6S. The average molecular weight is 404 g/mol. The Morgan fingerprint density at radius 1 is 1.30 bits per heavy atom. The number of nitrogens with one attached hydrogen (secondary N) is 2. The van der Waals surface area contributed by atoms with Gasteiger partial charge in [-0.15, -0.1) is 0 Å². The number of thioether (sulfide) groups is 1. The van der Waals surface area contributed by atoms with Crippen LogP contribution in [0.25, 0.3) is 0 Å². The SMILES string of the molecule is CSCCC(NC(=O)C1CCCN1C(=O)C(N)CO)C(=O)NC(C)C(=O)O. The summed E-state index contributed by atoms with van der Waals surface area (Å²) in [7, 11) is 0. The Hall–Kier alpha value is -1.85. The lowest BCUT2D eigenvalue weighted by Crippen LogP contribution is -2.56. The van der Waals surface area contributed by atoms with Gasteiger partial charge < -0.3 is 31.5 Å². The lowest BCUT2D eigenvalue weighted by atomic mass is 10.1. The number of aliphatic carboxylic acids is 1. The summed E-state index contributed by atoms with van der Waals surface area (Å²) in [5, 5.41) is 23.0. The summed E-state index contributed by atoms with van der Waals surface area (Å²) >= 11 is 1.49. The molecule has 1 heterocycles. The fraction of sp³-hybridized carbons (Fsp3) is 0.750. The van der Waals surface area contributed by atoms with Crippen molar-refractivity contribution in [2.45, 2.75) is 50.4 Å². The van der Waals surface area contributed by atoms with Gasteiger partial charge in [-0.2, -0.15) is 11.8 Å². The molecule has 0 bridgehead atoms. The third kappa shape index (κ3) is 6.67. The predicted octanol–water partition coefficient (Wildman–Crippen LogP) is -1.88. The smallest absolute Gasteiger partial charge is 0.325 e. The van der Waals surface area contributed by atoms with Crippen LogP contribution in [0.3, 0.4) is 0 Å². The molecule has 4 unspecified atom stereocenters. The van der Waals surface area contributed by atoms with E-state index in [0.717, 1.165) is 0 Å². The molecule has 0 aliphatic carbocycles. The Labute approximate surface area is 162 Å². The van der Waals surface area contributed by atoms with Crippen LogP contribution >= 0.6 is 11.8 Å². The maximum absolute atomic E-state index is 12.7. The van der Waals surface area contributed by atoms with Crippen molar-refractivity contribution in [1.29, 1.82) is 0 Å². The van der Waals surface area contributed by atoms with Crippen LogP contribution < -0.4 is 16.4 Å². The van der Waals surface area contributed by atoms with Crippen LogP contribution in [-0.2, 0) is 19.2 Å². The highest BCUT2D eigenvalue weighted by molar-refractivity contribution is 7.98. The summed E-state index contributed by atoms with van der Waals surface area (Å²) < 4.78 is 0. The van der Waals surface area contributed by atoms with Gasteiger partial charge in [-0.05, 0) is 38.2 Å². The number of amides is 3. The molecule has 1 aliphatic rings. The second kappa shape index (κ2) is 11.1. The molecule has 6 N–H and O–H groups in total. The van der Waals surface area contributed by atoms with Gasteiger partial charge in [-0.3, -0.25) is 19.2 Å². The first-order chi connectivity index (χ1) is 12.7. The van der Waals surface area contributed by atoms with Crippen molar-refractivity contribution < 1.29 is 29.4 Å². The van der Waals surface area contributed by atoms with Gasteiger partial charge in [0.2, 0.25) is 17.7 Å². The molecule has 0 aromatic carbocycles. The zero-order chi connectivity index (χ0) is 20.6. The fourth-order valence-corrected chi connectivity index (χ4v) is 3.21. The van der Waals surface area contributed by atoms with Gasteiger partial charge in [-0.25, -0.2) is 0 Å². The third-order valence-electron chi connectivity index (χ3n) is 4.33. The van der Waals surface area contributed by atoms with Crippen LogP contribution in [0.2, 0.25) is 0 Å². The molecule has 0 aromatic rings. The number of rotatable bonds is 10. The Morgan fingerprint density at radius 3 is 2.52 bits per heavy atom. The lowest BCUT2D eigenvalue weighted by Gasteiger charge is -2.28. The van der Waals surface area contributed by atoms with E-state index in [1.165, 1.54) is 23.6 Å². The number of nitrogens with zero attached hydrogens (tertiary/aromatic N) is 1. The molecule has 1 aliphatic heterocycles. The second-order valence-electron chi connectivity index (χ2n) is 6.39. The zero-order valence-corrected chi connectivity index (χ0v) is 16.3. The van der Waals surface area contributed by atoms with Crippen molar-refractivity contribution in [3.63, 3.8) is 0 Å². The zero-order valence-electron chi connectivity index (χ0n) is 15.5. The average Bonchev–Trinajstić information content (AvgIpc) is 3.13. The number of hydrogen-bond donors (Lipinski definition) is 5. The molecule has 10 nitrogen and oxygen atoms in total. The van der Waals surface area contributed by atoms with E-state index in [0.29, 0.717) is 31.6 Å². The number of aliphatic hydroxyl groups excluding tert-OH is 1. The lowest BCUT2D eigenvalue weighted by molar-refractivity contribution is -0.142. The second-order valence-corrected chi connectivity index (χ2v) is 7.38. The highest BCUT2D eigenvalue weighted by atomic mass is 32.2. The van der Waals surface area contributed by atoms with Crippen molar-refractivity contribution in [1.82, 2.24) is 15.5 Å². The summed E-state index contributed by atoms with van der Waals surface area (Å²) in [6.45, 7) is 1.17. The standard InChI is InChI=1S/C16H28N4O6S/c1-9(16(25)26)18-13(22)11(5-7-27-2)19-14(23)12-4-3-6-20(12)15(24)10(17)8-21/h9-12,21H,3-8,17H2,1-2H3,(H,18,22)(H,19,23)(H,25,26). The van der Waals surface area contributed by atoms with Gasteiger partial charge >= 0.3 is 5.97 Å². The van der Waals surface area contributed by atoms with E-state index in [9.17, 15) is 19.2 Å². The third-order valence-corrected chi connectivity index (χ3v) is 4.97. The molecule has 0 radical (unpaired) electrons. The molecule has 27 heavy (non-hydrogen) atoms. The van der Waals surface area contributed by atoms with Crippen molar-refractivity contribution in [2.24, 2.45) is 5.73 Å².